The normalized spacial score (nSPS) is 32.6. The zero-order valence-electron chi connectivity index (χ0n) is 18.2. The molecule has 6 heteroatoms. The Bertz CT molecular complexity index is 897. The molecule has 1 aliphatic heterocycles. The Kier molecular flexibility index (Phi) is 4.95. The third-order valence-electron chi connectivity index (χ3n) is 8.47. The highest BCUT2D eigenvalue weighted by Crippen LogP contribution is 2.61. The average molecular weight is 420 g/mol. The van der Waals surface area contributed by atoms with E-state index in [2.05, 4.69) is 31.2 Å². The zero-order valence-corrected chi connectivity index (χ0v) is 18.2. The summed E-state index contributed by atoms with van der Waals surface area (Å²) >= 11 is 0. The maximum Gasteiger partial charge on any atom is 0.133 e. The molecule has 1 unspecified atom stereocenters. The second-order valence-electron chi connectivity index (χ2n) is 10.6. The maximum atomic E-state index is 11.3. The second kappa shape index (κ2) is 7.82. The van der Waals surface area contributed by atoms with Crippen LogP contribution in [0.3, 0.4) is 0 Å². The molecule has 2 aromatic rings. The molecule has 1 atom stereocenters. The molecule has 4 bridgehead atoms. The molecule has 2 N–H and O–H groups in total. The minimum atomic E-state index is -0.280. The number of fused-ring (bicyclic) bond motifs is 1. The van der Waals surface area contributed by atoms with Crippen molar-refractivity contribution >= 4 is 5.82 Å². The predicted octanol–water partition coefficient (Wildman–Crippen LogP) is 3.42. The Morgan fingerprint density at radius 1 is 1.13 bits per heavy atom. The van der Waals surface area contributed by atoms with E-state index < -0.39 is 0 Å². The number of anilines is 1. The van der Waals surface area contributed by atoms with Crippen LogP contribution in [-0.4, -0.2) is 44.2 Å². The van der Waals surface area contributed by atoms with E-state index in [0.29, 0.717) is 6.54 Å². The van der Waals surface area contributed by atoms with Gasteiger partial charge >= 0.3 is 0 Å². The van der Waals surface area contributed by atoms with Gasteiger partial charge in [-0.3, -0.25) is 9.88 Å². The molecule has 31 heavy (non-hydrogen) atoms. The van der Waals surface area contributed by atoms with Gasteiger partial charge in [0.25, 0.3) is 0 Å². The van der Waals surface area contributed by atoms with Crippen LogP contribution in [0.15, 0.2) is 30.9 Å². The van der Waals surface area contributed by atoms with Crippen molar-refractivity contribution in [2.45, 2.75) is 64.1 Å². The number of rotatable bonds is 6. The number of aromatic nitrogens is 3. The Morgan fingerprint density at radius 3 is 2.61 bits per heavy atom. The van der Waals surface area contributed by atoms with Gasteiger partial charge in [0.1, 0.15) is 12.1 Å². The van der Waals surface area contributed by atoms with E-state index >= 15 is 0 Å². The van der Waals surface area contributed by atoms with Crippen LogP contribution in [-0.2, 0) is 19.5 Å². The lowest BCUT2D eigenvalue weighted by molar-refractivity contribution is -0.115. The third kappa shape index (κ3) is 3.74. The summed E-state index contributed by atoms with van der Waals surface area (Å²) in [6, 6.07) is 4.12. The van der Waals surface area contributed by atoms with E-state index in [1.165, 1.54) is 49.7 Å². The van der Waals surface area contributed by atoms with Crippen LogP contribution in [0.25, 0.3) is 0 Å². The molecule has 164 valence electrons. The number of hydrogen-bond donors (Lipinski definition) is 2. The number of aliphatic hydroxyl groups is 1. The molecule has 4 fully saturated rings. The first-order valence-corrected chi connectivity index (χ1v) is 12.0. The summed E-state index contributed by atoms with van der Waals surface area (Å²) in [5, 5.41) is 14.8. The van der Waals surface area contributed by atoms with Crippen molar-refractivity contribution in [2.75, 3.05) is 18.4 Å². The molecule has 0 saturated heterocycles. The van der Waals surface area contributed by atoms with Crippen molar-refractivity contribution in [3.8, 4) is 0 Å². The minimum absolute atomic E-state index is 0.148. The SMILES string of the molecule is OC(CNc1ncnc2c1CCN(Cc1cccnc1)C2)C12CC3CC(CC(C3)C1)C2. The lowest BCUT2D eigenvalue weighted by atomic mass is 9.48. The first-order valence-electron chi connectivity index (χ1n) is 12.0. The summed E-state index contributed by atoms with van der Waals surface area (Å²) in [5.41, 5.74) is 3.71. The van der Waals surface area contributed by atoms with E-state index in [4.69, 9.17) is 0 Å². The van der Waals surface area contributed by atoms with E-state index in [1.54, 1.807) is 6.33 Å². The molecule has 0 aromatic carbocycles. The number of nitrogens with zero attached hydrogens (tertiary/aromatic N) is 4. The van der Waals surface area contributed by atoms with Crippen molar-refractivity contribution in [2.24, 2.45) is 23.2 Å². The van der Waals surface area contributed by atoms with Crippen LogP contribution < -0.4 is 5.32 Å². The standard InChI is InChI=1S/C25H33N5O/c31-23(25-9-18-6-19(10-25)8-20(7-18)11-25)13-27-24-21-3-5-30(15-22(21)28-16-29-24)14-17-2-1-4-26-12-17/h1-2,4,12,16,18-20,23,31H,3,5-11,13-15H2,(H,27,28,29). The third-order valence-corrected chi connectivity index (χ3v) is 8.47. The van der Waals surface area contributed by atoms with Gasteiger partial charge in [0.2, 0.25) is 0 Å². The van der Waals surface area contributed by atoms with E-state index in [9.17, 15) is 5.11 Å². The number of hydrogen-bond acceptors (Lipinski definition) is 6. The Hall–Kier alpha value is -2.05. The average Bonchev–Trinajstić information content (AvgIpc) is 2.77. The summed E-state index contributed by atoms with van der Waals surface area (Å²) in [7, 11) is 0. The van der Waals surface area contributed by atoms with Crippen molar-refractivity contribution in [1.29, 1.82) is 0 Å². The molecule has 2 aromatic heterocycles. The first kappa shape index (κ1) is 19.6. The topological polar surface area (TPSA) is 74.2 Å². The van der Waals surface area contributed by atoms with Crippen LogP contribution in [0, 0.1) is 23.2 Å². The number of pyridine rings is 1. The van der Waals surface area contributed by atoms with E-state index in [1.807, 2.05) is 18.5 Å². The lowest BCUT2D eigenvalue weighted by Crippen LogP contribution is -2.53. The van der Waals surface area contributed by atoms with Gasteiger partial charge in [-0.25, -0.2) is 9.97 Å². The highest BCUT2D eigenvalue weighted by molar-refractivity contribution is 5.47. The fourth-order valence-corrected chi connectivity index (χ4v) is 7.44. The summed E-state index contributed by atoms with van der Waals surface area (Å²) in [6.07, 6.45) is 14.0. The van der Waals surface area contributed by atoms with Crippen LogP contribution in [0.1, 0.15) is 55.3 Å². The van der Waals surface area contributed by atoms with Crippen molar-refractivity contribution < 1.29 is 5.11 Å². The number of aliphatic hydroxyl groups excluding tert-OH is 1. The lowest BCUT2D eigenvalue weighted by Gasteiger charge is -2.58. The largest absolute Gasteiger partial charge is 0.391 e. The van der Waals surface area contributed by atoms with Crippen LogP contribution in [0.5, 0.6) is 0 Å². The van der Waals surface area contributed by atoms with Crippen molar-refractivity contribution in [3.63, 3.8) is 0 Å². The molecule has 4 saturated carbocycles. The van der Waals surface area contributed by atoms with Crippen LogP contribution >= 0.6 is 0 Å². The van der Waals surface area contributed by atoms with E-state index in [-0.39, 0.29) is 11.5 Å². The van der Waals surface area contributed by atoms with Crippen molar-refractivity contribution in [1.82, 2.24) is 19.9 Å². The molecule has 6 nitrogen and oxygen atoms in total. The van der Waals surface area contributed by atoms with Crippen LogP contribution in [0.4, 0.5) is 5.82 Å². The maximum absolute atomic E-state index is 11.3. The predicted molar refractivity (Wildman–Crippen MR) is 119 cm³/mol. The van der Waals surface area contributed by atoms with Gasteiger partial charge in [0, 0.05) is 44.1 Å². The molecule has 7 rings (SSSR count). The quantitative estimate of drug-likeness (QED) is 0.747. The molecular formula is C25H33N5O. The van der Waals surface area contributed by atoms with Crippen molar-refractivity contribution in [3.05, 3.63) is 47.7 Å². The smallest absolute Gasteiger partial charge is 0.133 e. The summed E-state index contributed by atoms with van der Waals surface area (Å²) in [4.78, 5) is 15.8. The molecule has 4 aliphatic carbocycles. The van der Waals surface area contributed by atoms with Gasteiger partial charge in [-0.15, -0.1) is 0 Å². The minimum Gasteiger partial charge on any atom is -0.391 e. The summed E-state index contributed by atoms with van der Waals surface area (Å²) in [5.74, 6) is 3.50. The first-order chi connectivity index (χ1) is 15.2. The molecule has 0 spiro atoms. The zero-order chi connectivity index (χ0) is 20.8. The Balaban J connectivity index is 1.12. The van der Waals surface area contributed by atoms with Gasteiger partial charge < -0.3 is 10.4 Å². The van der Waals surface area contributed by atoms with Gasteiger partial charge in [0.05, 0.1) is 11.8 Å². The van der Waals surface area contributed by atoms with E-state index in [0.717, 1.165) is 55.3 Å². The monoisotopic (exact) mass is 419 g/mol. The van der Waals surface area contributed by atoms with Crippen LogP contribution in [0.2, 0.25) is 0 Å². The van der Waals surface area contributed by atoms with Gasteiger partial charge in [-0.1, -0.05) is 6.07 Å². The highest BCUT2D eigenvalue weighted by atomic mass is 16.3. The van der Waals surface area contributed by atoms with Gasteiger partial charge in [-0.05, 0) is 79.7 Å². The fourth-order valence-electron chi connectivity index (χ4n) is 7.44. The highest BCUT2D eigenvalue weighted by Gasteiger charge is 2.53. The molecule has 0 radical (unpaired) electrons. The van der Waals surface area contributed by atoms with Gasteiger partial charge in [0.15, 0.2) is 0 Å². The molecule has 5 aliphatic rings. The molecular weight excluding hydrogens is 386 g/mol. The Labute approximate surface area is 184 Å². The molecule has 0 amide bonds. The fraction of sp³-hybridized carbons (Fsp3) is 0.640. The molecule has 3 heterocycles. The Morgan fingerprint density at radius 2 is 1.90 bits per heavy atom. The number of nitrogens with one attached hydrogen (secondary N) is 1. The van der Waals surface area contributed by atoms with Gasteiger partial charge in [-0.2, -0.15) is 0 Å². The summed E-state index contributed by atoms with van der Waals surface area (Å²) < 4.78 is 0. The second-order valence-corrected chi connectivity index (χ2v) is 10.6. The summed E-state index contributed by atoms with van der Waals surface area (Å²) in [6.45, 7) is 3.32.